The average Bonchev–Trinajstić information content (AvgIpc) is 2.62. The first-order valence-corrected chi connectivity index (χ1v) is 7.00. The molecule has 0 aliphatic carbocycles. The summed E-state index contributed by atoms with van der Waals surface area (Å²) in [6.45, 7) is 6.63. The lowest BCUT2D eigenvalue weighted by Gasteiger charge is -2.38. The molecule has 0 bridgehead atoms. The lowest BCUT2D eigenvalue weighted by Crippen LogP contribution is -2.51. The average molecular weight is 301 g/mol. The molecule has 0 radical (unpaired) electrons. The van der Waals surface area contributed by atoms with Crippen LogP contribution in [-0.2, 0) is 7.05 Å². The van der Waals surface area contributed by atoms with Crippen LogP contribution in [0.3, 0.4) is 0 Å². The third kappa shape index (κ3) is 2.99. The van der Waals surface area contributed by atoms with Crippen LogP contribution >= 0.6 is 12.4 Å². The van der Waals surface area contributed by atoms with E-state index in [2.05, 4.69) is 5.10 Å². The smallest absolute Gasteiger partial charge is 0.257 e. The van der Waals surface area contributed by atoms with Crippen molar-refractivity contribution >= 4 is 18.3 Å². The number of likely N-dealkylation sites (tertiary alicyclic amines) is 1. The minimum Gasteiger partial charge on any atom is -0.334 e. The van der Waals surface area contributed by atoms with Crippen LogP contribution in [0, 0.1) is 13.8 Å². The third-order valence-electron chi connectivity index (χ3n) is 4.14. The molecule has 2 atom stereocenters. The van der Waals surface area contributed by atoms with Crippen LogP contribution in [-0.4, -0.2) is 39.2 Å². The Hall–Kier alpha value is -1.07. The van der Waals surface area contributed by atoms with Gasteiger partial charge in [-0.3, -0.25) is 9.48 Å². The number of halogens is 1. The molecule has 114 valence electrons. The van der Waals surface area contributed by atoms with Gasteiger partial charge in [0.2, 0.25) is 0 Å². The summed E-state index contributed by atoms with van der Waals surface area (Å²) >= 11 is 0. The van der Waals surface area contributed by atoms with Crippen molar-refractivity contribution in [3.05, 3.63) is 17.0 Å². The molecule has 1 aliphatic rings. The predicted molar refractivity (Wildman–Crippen MR) is 82.3 cm³/mol. The first-order chi connectivity index (χ1) is 8.93. The number of rotatable bonds is 2. The van der Waals surface area contributed by atoms with Crippen molar-refractivity contribution in [2.45, 2.75) is 52.1 Å². The van der Waals surface area contributed by atoms with E-state index in [-0.39, 0.29) is 30.4 Å². The number of nitrogens with zero attached hydrogens (tertiary/aromatic N) is 3. The fourth-order valence-corrected chi connectivity index (χ4v) is 2.98. The number of amides is 1. The highest BCUT2D eigenvalue weighted by Crippen LogP contribution is 2.23. The fourth-order valence-electron chi connectivity index (χ4n) is 2.98. The van der Waals surface area contributed by atoms with E-state index in [4.69, 9.17) is 5.73 Å². The van der Waals surface area contributed by atoms with Crippen LogP contribution in [0.2, 0.25) is 0 Å². The van der Waals surface area contributed by atoms with E-state index in [0.29, 0.717) is 0 Å². The molecule has 0 aromatic carbocycles. The highest BCUT2D eigenvalue weighted by molar-refractivity contribution is 5.96. The van der Waals surface area contributed by atoms with Crippen LogP contribution in [0.15, 0.2) is 0 Å². The van der Waals surface area contributed by atoms with E-state index in [1.54, 1.807) is 4.68 Å². The molecular weight excluding hydrogens is 276 g/mol. The van der Waals surface area contributed by atoms with E-state index in [1.165, 1.54) is 0 Å². The SMILES string of the molecule is Cc1nn(C)c(C)c1C(=O)N1CCCCC1C(C)N.Cl. The van der Waals surface area contributed by atoms with Crippen LogP contribution in [0.4, 0.5) is 0 Å². The largest absolute Gasteiger partial charge is 0.334 e. The number of nitrogens with two attached hydrogens (primary N) is 1. The number of piperidine rings is 1. The van der Waals surface area contributed by atoms with Crippen molar-refractivity contribution in [1.29, 1.82) is 0 Å². The van der Waals surface area contributed by atoms with Crippen LogP contribution in [0.25, 0.3) is 0 Å². The topological polar surface area (TPSA) is 64.2 Å². The molecule has 1 fully saturated rings. The minimum atomic E-state index is 0. The third-order valence-corrected chi connectivity index (χ3v) is 4.14. The molecule has 2 rings (SSSR count). The Morgan fingerprint density at radius 1 is 1.40 bits per heavy atom. The lowest BCUT2D eigenvalue weighted by molar-refractivity contribution is 0.0582. The highest BCUT2D eigenvalue weighted by atomic mass is 35.5. The first kappa shape index (κ1) is 17.0. The first-order valence-electron chi connectivity index (χ1n) is 7.00. The molecule has 0 saturated carbocycles. The Morgan fingerprint density at radius 2 is 2.05 bits per heavy atom. The summed E-state index contributed by atoms with van der Waals surface area (Å²) in [4.78, 5) is 14.7. The predicted octanol–water partition coefficient (Wildman–Crippen LogP) is 1.80. The monoisotopic (exact) mass is 300 g/mol. The summed E-state index contributed by atoms with van der Waals surface area (Å²) in [5, 5.41) is 4.33. The summed E-state index contributed by atoms with van der Waals surface area (Å²) in [7, 11) is 1.87. The zero-order chi connectivity index (χ0) is 14.2. The molecule has 1 aromatic heterocycles. The van der Waals surface area contributed by atoms with Gasteiger partial charge in [-0.25, -0.2) is 0 Å². The second kappa shape index (κ2) is 6.59. The Bertz CT molecular complexity index is 484. The van der Waals surface area contributed by atoms with E-state index in [0.717, 1.165) is 42.8 Å². The summed E-state index contributed by atoms with van der Waals surface area (Å²) in [6, 6.07) is 0.168. The summed E-state index contributed by atoms with van der Waals surface area (Å²) in [6.07, 6.45) is 3.22. The van der Waals surface area contributed by atoms with Crippen LogP contribution < -0.4 is 5.73 Å². The number of carbonyl (C=O) groups is 1. The van der Waals surface area contributed by atoms with E-state index < -0.39 is 0 Å². The van der Waals surface area contributed by atoms with Crippen molar-refractivity contribution in [2.24, 2.45) is 12.8 Å². The summed E-state index contributed by atoms with van der Waals surface area (Å²) in [5.74, 6) is 0.0881. The Balaban J connectivity index is 0.00000200. The van der Waals surface area contributed by atoms with E-state index in [1.807, 2.05) is 32.7 Å². The maximum Gasteiger partial charge on any atom is 0.257 e. The number of hydrogen-bond acceptors (Lipinski definition) is 3. The van der Waals surface area contributed by atoms with Gasteiger partial charge in [-0.15, -0.1) is 12.4 Å². The summed E-state index contributed by atoms with van der Waals surface area (Å²) in [5.41, 5.74) is 8.52. The van der Waals surface area contributed by atoms with Gasteiger partial charge in [-0.05, 0) is 40.0 Å². The van der Waals surface area contributed by atoms with Gasteiger partial charge in [-0.1, -0.05) is 0 Å². The van der Waals surface area contributed by atoms with E-state index >= 15 is 0 Å². The number of aromatic nitrogens is 2. The van der Waals surface area contributed by atoms with Gasteiger partial charge in [0.15, 0.2) is 0 Å². The zero-order valence-electron chi connectivity index (χ0n) is 12.7. The fraction of sp³-hybridized carbons (Fsp3) is 0.714. The quantitative estimate of drug-likeness (QED) is 0.906. The van der Waals surface area contributed by atoms with Gasteiger partial charge in [0.1, 0.15) is 0 Å². The van der Waals surface area contributed by atoms with Crippen molar-refractivity contribution in [2.75, 3.05) is 6.54 Å². The Morgan fingerprint density at radius 3 is 2.55 bits per heavy atom. The number of aryl methyl sites for hydroxylation is 2. The standard InChI is InChI=1S/C14H24N4O.ClH/c1-9(15)12-7-5-6-8-18(12)14(19)13-10(2)16-17(4)11(13)3;/h9,12H,5-8,15H2,1-4H3;1H. The number of carbonyl (C=O) groups excluding carboxylic acids is 1. The maximum absolute atomic E-state index is 12.8. The molecule has 2 unspecified atom stereocenters. The van der Waals surface area contributed by atoms with Crippen molar-refractivity contribution < 1.29 is 4.79 Å². The maximum atomic E-state index is 12.8. The second-order valence-electron chi connectivity index (χ2n) is 5.59. The van der Waals surface area contributed by atoms with Gasteiger partial charge in [0.05, 0.1) is 11.3 Å². The van der Waals surface area contributed by atoms with Crippen LogP contribution in [0.1, 0.15) is 47.9 Å². The Labute approximate surface area is 126 Å². The molecule has 1 aliphatic heterocycles. The van der Waals surface area contributed by atoms with E-state index in [9.17, 15) is 4.79 Å². The molecular formula is C14H25ClN4O. The minimum absolute atomic E-state index is 0. The van der Waals surface area contributed by atoms with Gasteiger partial charge in [0.25, 0.3) is 5.91 Å². The molecule has 20 heavy (non-hydrogen) atoms. The zero-order valence-corrected chi connectivity index (χ0v) is 13.5. The molecule has 5 nitrogen and oxygen atoms in total. The molecule has 1 saturated heterocycles. The summed E-state index contributed by atoms with van der Waals surface area (Å²) < 4.78 is 1.77. The van der Waals surface area contributed by atoms with Gasteiger partial charge in [0, 0.05) is 31.4 Å². The molecule has 1 aromatic rings. The van der Waals surface area contributed by atoms with Gasteiger partial charge in [-0.2, -0.15) is 5.10 Å². The second-order valence-corrected chi connectivity index (χ2v) is 5.59. The normalized spacial score (nSPS) is 20.4. The van der Waals surface area contributed by atoms with Crippen molar-refractivity contribution in [1.82, 2.24) is 14.7 Å². The highest BCUT2D eigenvalue weighted by Gasteiger charge is 2.32. The van der Waals surface area contributed by atoms with Crippen molar-refractivity contribution in [3.63, 3.8) is 0 Å². The van der Waals surface area contributed by atoms with Crippen molar-refractivity contribution in [3.8, 4) is 0 Å². The molecule has 6 heteroatoms. The van der Waals surface area contributed by atoms with Gasteiger partial charge < -0.3 is 10.6 Å². The Kier molecular flexibility index (Phi) is 5.59. The molecule has 2 N–H and O–H groups in total. The van der Waals surface area contributed by atoms with Gasteiger partial charge >= 0.3 is 0 Å². The molecule has 2 heterocycles. The number of hydrogen-bond donors (Lipinski definition) is 1. The lowest BCUT2D eigenvalue weighted by atomic mass is 9.95. The molecule has 0 spiro atoms. The molecule has 1 amide bonds. The van der Waals surface area contributed by atoms with Crippen LogP contribution in [0.5, 0.6) is 0 Å².